The van der Waals surface area contributed by atoms with Crippen LogP contribution in [0.1, 0.15) is 37.6 Å². The highest BCUT2D eigenvalue weighted by Crippen LogP contribution is 2.18. The van der Waals surface area contributed by atoms with E-state index in [2.05, 4.69) is 36.0 Å². The van der Waals surface area contributed by atoms with Crippen LogP contribution in [0, 0.1) is 0 Å². The van der Waals surface area contributed by atoms with Crippen molar-refractivity contribution in [2.45, 2.75) is 39.3 Å². The van der Waals surface area contributed by atoms with Crippen LogP contribution in [0.3, 0.4) is 0 Å². The first-order valence-electron chi connectivity index (χ1n) is 7.75. The average Bonchev–Trinajstić information content (AvgIpc) is 2.53. The van der Waals surface area contributed by atoms with Crippen LogP contribution < -0.4 is 5.32 Å². The van der Waals surface area contributed by atoms with Gasteiger partial charge in [0, 0.05) is 45.0 Å². The number of pyridine rings is 1. The van der Waals surface area contributed by atoms with Gasteiger partial charge in [-0.05, 0) is 32.4 Å². The van der Waals surface area contributed by atoms with Crippen LogP contribution in [0.2, 0.25) is 0 Å². The van der Waals surface area contributed by atoms with Crippen molar-refractivity contribution >= 4 is 11.7 Å². The number of amides is 1. The molecule has 5 nitrogen and oxygen atoms in total. The van der Waals surface area contributed by atoms with Crippen molar-refractivity contribution in [3.05, 3.63) is 23.9 Å². The predicted octanol–water partition coefficient (Wildman–Crippen LogP) is 2.07. The molecule has 2 rings (SSSR count). The minimum absolute atomic E-state index is 0.0898. The highest BCUT2D eigenvalue weighted by molar-refractivity contribution is 5.94. The molecule has 2 heterocycles. The topological polar surface area (TPSA) is 48.5 Å². The summed E-state index contributed by atoms with van der Waals surface area (Å²) in [6.45, 7) is 9.19. The van der Waals surface area contributed by atoms with E-state index in [9.17, 15) is 4.79 Å². The Kier molecular flexibility index (Phi) is 5.17. The molecule has 116 valence electrons. The third-order valence-electron chi connectivity index (χ3n) is 4.22. The third-order valence-corrected chi connectivity index (χ3v) is 4.22. The molecule has 1 aromatic rings. The van der Waals surface area contributed by atoms with Gasteiger partial charge >= 0.3 is 0 Å². The van der Waals surface area contributed by atoms with Gasteiger partial charge in [0.2, 0.25) is 0 Å². The Balaban J connectivity index is 2.06. The zero-order valence-corrected chi connectivity index (χ0v) is 13.5. The van der Waals surface area contributed by atoms with E-state index in [1.54, 1.807) is 6.20 Å². The molecular weight excluding hydrogens is 264 g/mol. The van der Waals surface area contributed by atoms with Gasteiger partial charge in [0.15, 0.2) is 0 Å². The molecule has 1 atom stereocenters. The Morgan fingerprint density at radius 2 is 2.19 bits per heavy atom. The lowest BCUT2D eigenvalue weighted by Crippen LogP contribution is -2.56. The fourth-order valence-corrected chi connectivity index (χ4v) is 2.95. The first-order valence-corrected chi connectivity index (χ1v) is 7.75. The monoisotopic (exact) mass is 290 g/mol. The number of hydrogen-bond acceptors (Lipinski definition) is 4. The lowest BCUT2D eigenvalue weighted by Gasteiger charge is -2.43. The van der Waals surface area contributed by atoms with Crippen molar-refractivity contribution in [3.63, 3.8) is 0 Å². The largest absolute Gasteiger partial charge is 0.373 e. The molecule has 0 spiro atoms. The zero-order valence-electron chi connectivity index (χ0n) is 13.5. The van der Waals surface area contributed by atoms with Gasteiger partial charge in [-0.25, -0.2) is 4.98 Å². The second-order valence-electron chi connectivity index (χ2n) is 5.83. The molecule has 0 saturated carbocycles. The van der Waals surface area contributed by atoms with E-state index in [0.29, 0.717) is 17.6 Å². The number of nitrogens with zero attached hydrogens (tertiary/aromatic N) is 3. The second kappa shape index (κ2) is 6.89. The van der Waals surface area contributed by atoms with Crippen LogP contribution in [-0.4, -0.2) is 59.5 Å². The Labute approximate surface area is 127 Å². The molecular formula is C16H26N4O. The summed E-state index contributed by atoms with van der Waals surface area (Å²) in [6.07, 6.45) is 2.73. The number of rotatable bonds is 4. The maximum absolute atomic E-state index is 12.6. The van der Waals surface area contributed by atoms with Gasteiger partial charge < -0.3 is 10.2 Å². The van der Waals surface area contributed by atoms with Crippen molar-refractivity contribution in [1.29, 1.82) is 0 Å². The van der Waals surface area contributed by atoms with Crippen molar-refractivity contribution in [1.82, 2.24) is 14.8 Å². The molecule has 5 heteroatoms. The molecule has 21 heavy (non-hydrogen) atoms. The summed E-state index contributed by atoms with van der Waals surface area (Å²) in [5.74, 6) is 0.870. The van der Waals surface area contributed by atoms with Gasteiger partial charge in [0.25, 0.3) is 5.91 Å². The molecule has 1 amide bonds. The van der Waals surface area contributed by atoms with Gasteiger partial charge in [-0.2, -0.15) is 0 Å². The second-order valence-corrected chi connectivity index (χ2v) is 5.83. The van der Waals surface area contributed by atoms with Crippen molar-refractivity contribution in [3.8, 4) is 0 Å². The highest BCUT2D eigenvalue weighted by atomic mass is 16.2. The molecule has 0 aromatic carbocycles. The van der Waals surface area contributed by atoms with Gasteiger partial charge in [0.1, 0.15) is 5.82 Å². The lowest BCUT2D eigenvalue weighted by molar-refractivity contribution is 0.0371. The number of aromatic nitrogens is 1. The SMILES string of the molecule is CCC1CN(C(=O)c2ccc(NC)nc2)CCN1C(C)C. The summed E-state index contributed by atoms with van der Waals surface area (Å²) in [4.78, 5) is 21.3. The highest BCUT2D eigenvalue weighted by Gasteiger charge is 2.30. The van der Waals surface area contributed by atoms with Crippen LogP contribution in [0.15, 0.2) is 18.3 Å². The number of nitrogens with one attached hydrogen (secondary N) is 1. The number of carbonyl (C=O) groups is 1. The first-order chi connectivity index (χ1) is 10.1. The van der Waals surface area contributed by atoms with Gasteiger partial charge in [-0.3, -0.25) is 9.69 Å². The fraction of sp³-hybridized carbons (Fsp3) is 0.625. The van der Waals surface area contributed by atoms with E-state index in [4.69, 9.17) is 0 Å². The van der Waals surface area contributed by atoms with Crippen LogP contribution >= 0.6 is 0 Å². The van der Waals surface area contributed by atoms with Crippen LogP contribution in [0.5, 0.6) is 0 Å². The van der Waals surface area contributed by atoms with E-state index in [1.807, 2.05) is 24.1 Å². The minimum Gasteiger partial charge on any atom is -0.373 e. The molecule has 0 bridgehead atoms. The summed E-state index contributed by atoms with van der Waals surface area (Å²) in [5.41, 5.74) is 0.668. The van der Waals surface area contributed by atoms with Crippen LogP contribution in [0.4, 0.5) is 5.82 Å². The van der Waals surface area contributed by atoms with E-state index in [1.165, 1.54) is 0 Å². The smallest absolute Gasteiger partial charge is 0.255 e. The fourth-order valence-electron chi connectivity index (χ4n) is 2.95. The summed E-state index contributed by atoms with van der Waals surface area (Å²) in [6, 6.07) is 4.67. The molecule has 1 aromatic heterocycles. The zero-order chi connectivity index (χ0) is 15.4. The summed E-state index contributed by atoms with van der Waals surface area (Å²) in [5, 5.41) is 2.96. The Morgan fingerprint density at radius 1 is 1.43 bits per heavy atom. The Bertz CT molecular complexity index is 472. The molecule has 1 N–H and O–H groups in total. The Hall–Kier alpha value is -1.62. The predicted molar refractivity (Wildman–Crippen MR) is 85.6 cm³/mol. The molecule has 1 aliphatic rings. The molecule has 0 aliphatic carbocycles. The van der Waals surface area contributed by atoms with Crippen LogP contribution in [-0.2, 0) is 0 Å². The van der Waals surface area contributed by atoms with E-state index >= 15 is 0 Å². The molecule has 1 fully saturated rings. The summed E-state index contributed by atoms with van der Waals surface area (Å²) >= 11 is 0. The van der Waals surface area contributed by atoms with Gasteiger partial charge in [0.05, 0.1) is 5.56 Å². The quantitative estimate of drug-likeness (QED) is 0.922. The van der Waals surface area contributed by atoms with Gasteiger partial charge in [-0.15, -0.1) is 0 Å². The van der Waals surface area contributed by atoms with Crippen molar-refractivity contribution in [2.24, 2.45) is 0 Å². The van der Waals surface area contributed by atoms with E-state index in [-0.39, 0.29) is 5.91 Å². The van der Waals surface area contributed by atoms with Crippen molar-refractivity contribution < 1.29 is 4.79 Å². The van der Waals surface area contributed by atoms with Gasteiger partial charge in [-0.1, -0.05) is 6.92 Å². The molecule has 1 aliphatic heterocycles. The maximum Gasteiger partial charge on any atom is 0.255 e. The lowest BCUT2D eigenvalue weighted by atomic mass is 10.1. The minimum atomic E-state index is 0.0898. The third kappa shape index (κ3) is 3.53. The van der Waals surface area contributed by atoms with Crippen molar-refractivity contribution in [2.75, 3.05) is 32.0 Å². The number of carbonyl (C=O) groups excluding carboxylic acids is 1. The first kappa shape index (κ1) is 15.8. The standard InChI is InChI=1S/C16H26N4O/c1-5-14-11-19(8-9-20(14)12(2)3)16(21)13-6-7-15(17-4)18-10-13/h6-7,10,12,14H,5,8-9,11H2,1-4H3,(H,17,18). The van der Waals surface area contributed by atoms with E-state index < -0.39 is 0 Å². The number of piperazine rings is 1. The number of hydrogen-bond donors (Lipinski definition) is 1. The maximum atomic E-state index is 12.6. The average molecular weight is 290 g/mol. The van der Waals surface area contributed by atoms with E-state index in [0.717, 1.165) is 31.9 Å². The summed E-state index contributed by atoms with van der Waals surface area (Å²) < 4.78 is 0. The van der Waals surface area contributed by atoms with Crippen LogP contribution in [0.25, 0.3) is 0 Å². The summed E-state index contributed by atoms with van der Waals surface area (Å²) in [7, 11) is 1.82. The molecule has 1 unspecified atom stereocenters. The number of anilines is 1. The Morgan fingerprint density at radius 3 is 2.71 bits per heavy atom. The molecule has 0 radical (unpaired) electrons. The normalized spacial score (nSPS) is 19.9. The molecule has 1 saturated heterocycles.